The van der Waals surface area contributed by atoms with Crippen molar-refractivity contribution in [2.75, 3.05) is 13.7 Å². The zero-order valence-corrected chi connectivity index (χ0v) is 12.3. The van der Waals surface area contributed by atoms with E-state index in [0.717, 1.165) is 22.4 Å². The van der Waals surface area contributed by atoms with Gasteiger partial charge < -0.3 is 15.2 Å². The monoisotopic (exact) mass is 281 g/mol. The average Bonchev–Trinajstić information content (AvgIpc) is 2.36. The third-order valence-corrected chi connectivity index (χ3v) is 2.98. The second-order valence-electron chi connectivity index (χ2n) is 4.33. The summed E-state index contributed by atoms with van der Waals surface area (Å²) in [5.74, 6) is 0.603. The number of thiocarbonyl (C=S) groups is 1. The molecule has 0 radical (unpaired) electrons. The van der Waals surface area contributed by atoms with Gasteiger partial charge in [-0.15, -0.1) is 0 Å². The van der Waals surface area contributed by atoms with E-state index in [1.54, 1.807) is 0 Å². The van der Waals surface area contributed by atoms with Crippen LogP contribution < -0.4 is 10.5 Å². The van der Waals surface area contributed by atoms with Crippen molar-refractivity contribution in [3.8, 4) is 5.75 Å². The van der Waals surface area contributed by atoms with Crippen molar-refractivity contribution < 1.29 is 14.3 Å². The summed E-state index contributed by atoms with van der Waals surface area (Å²) in [5.41, 5.74) is 8.42. The van der Waals surface area contributed by atoms with E-state index in [-0.39, 0.29) is 5.97 Å². The lowest BCUT2D eigenvalue weighted by atomic mass is 10.1. The number of hydrogen-bond acceptors (Lipinski definition) is 4. The lowest BCUT2D eigenvalue weighted by Crippen LogP contribution is -2.11. The Balaban J connectivity index is 2.64. The first-order valence-electron chi connectivity index (χ1n) is 6.06. The van der Waals surface area contributed by atoms with Crippen LogP contribution in [0.15, 0.2) is 12.1 Å². The van der Waals surface area contributed by atoms with Gasteiger partial charge in [-0.1, -0.05) is 12.2 Å². The maximum absolute atomic E-state index is 11.0. The molecule has 1 aromatic rings. The molecule has 0 saturated heterocycles. The van der Waals surface area contributed by atoms with Gasteiger partial charge >= 0.3 is 5.97 Å². The van der Waals surface area contributed by atoms with Crippen molar-refractivity contribution in [2.24, 2.45) is 5.73 Å². The highest BCUT2D eigenvalue weighted by atomic mass is 32.1. The predicted molar refractivity (Wildman–Crippen MR) is 78.5 cm³/mol. The van der Waals surface area contributed by atoms with Crippen LogP contribution in [0, 0.1) is 13.8 Å². The minimum Gasteiger partial charge on any atom is -0.493 e. The molecule has 0 fully saturated rings. The molecule has 5 heteroatoms. The second-order valence-corrected chi connectivity index (χ2v) is 4.77. The SMILES string of the molecule is COC(=O)CCCOc1c(C)cc(C(N)=S)cc1C. The van der Waals surface area contributed by atoms with Crippen molar-refractivity contribution in [3.63, 3.8) is 0 Å². The first-order valence-corrected chi connectivity index (χ1v) is 6.47. The molecule has 1 rings (SSSR count). The van der Waals surface area contributed by atoms with Crippen LogP contribution in [-0.2, 0) is 9.53 Å². The number of carbonyl (C=O) groups is 1. The fourth-order valence-electron chi connectivity index (χ4n) is 1.81. The highest BCUT2D eigenvalue weighted by molar-refractivity contribution is 7.80. The van der Waals surface area contributed by atoms with Gasteiger partial charge in [0.2, 0.25) is 0 Å². The minimum atomic E-state index is -0.221. The Morgan fingerprint density at radius 1 is 1.32 bits per heavy atom. The van der Waals surface area contributed by atoms with E-state index in [2.05, 4.69) is 4.74 Å². The summed E-state index contributed by atoms with van der Waals surface area (Å²) in [6.07, 6.45) is 0.988. The van der Waals surface area contributed by atoms with Crippen molar-refractivity contribution in [1.82, 2.24) is 0 Å². The molecule has 0 aliphatic rings. The Morgan fingerprint density at radius 3 is 2.37 bits per heavy atom. The van der Waals surface area contributed by atoms with E-state index in [0.29, 0.717) is 24.4 Å². The zero-order valence-electron chi connectivity index (χ0n) is 11.5. The normalized spacial score (nSPS) is 10.1. The second kappa shape index (κ2) is 7.09. The zero-order chi connectivity index (χ0) is 14.4. The summed E-state index contributed by atoms with van der Waals surface area (Å²) in [7, 11) is 1.38. The van der Waals surface area contributed by atoms with Crippen LogP contribution in [-0.4, -0.2) is 24.7 Å². The van der Waals surface area contributed by atoms with E-state index in [1.165, 1.54) is 7.11 Å². The van der Waals surface area contributed by atoms with Gasteiger partial charge in [0.15, 0.2) is 0 Å². The van der Waals surface area contributed by atoms with E-state index in [4.69, 9.17) is 22.7 Å². The van der Waals surface area contributed by atoms with E-state index in [1.807, 2.05) is 26.0 Å². The number of esters is 1. The Hall–Kier alpha value is -1.62. The van der Waals surface area contributed by atoms with Crippen molar-refractivity contribution >= 4 is 23.2 Å². The van der Waals surface area contributed by atoms with E-state index in [9.17, 15) is 4.79 Å². The Bertz CT molecular complexity index is 463. The maximum atomic E-state index is 11.0. The van der Waals surface area contributed by atoms with Crippen LogP contribution in [0.25, 0.3) is 0 Å². The Labute approximate surface area is 118 Å². The third-order valence-electron chi connectivity index (χ3n) is 2.74. The van der Waals surface area contributed by atoms with Crippen LogP contribution >= 0.6 is 12.2 Å². The van der Waals surface area contributed by atoms with Gasteiger partial charge in [-0.2, -0.15) is 0 Å². The van der Waals surface area contributed by atoms with Gasteiger partial charge in [0.05, 0.1) is 13.7 Å². The highest BCUT2D eigenvalue weighted by Gasteiger charge is 2.08. The van der Waals surface area contributed by atoms with Crippen LogP contribution in [0.4, 0.5) is 0 Å². The third kappa shape index (κ3) is 4.52. The van der Waals surface area contributed by atoms with Crippen LogP contribution in [0.5, 0.6) is 5.75 Å². The molecule has 0 bridgehead atoms. The molecule has 0 unspecified atom stereocenters. The molecule has 4 nitrogen and oxygen atoms in total. The summed E-state index contributed by atoms with van der Waals surface area (Å²) in [6, 6.07) is 3.82. The molecule has 0 aliphatic heterocycles. The van der Waals surface area contributed by atoms with Crippen molar-refractivity contribution in [1.29, 1.82) is 0 Å². The summed E-state index contributed by atoms with van der Waals surface area (Å²) < 4.78 is 10.3. The van der Waals surface area contributed by atoms with Crippen molar-refractivity contribution in [3.05, 3.63) is 28.8 Å². The number of hydrogen-bond donors (Lipinski definition) is 1. The lowest BCUT2D eigenvalue weighted by molar-refractivity contribution is -0.140. The molecule has 0 atom stereocenters. The van der Waals surface area contributed by atoms with E-state index < -0.39 is 0 Å². The van der Waals surface area contributed by atoms with Crippen LogP contribution in [0.2, 0.25) is 0 Å². The Kier molecular flexibility index (Phi) is 5.76. The van der Waals surface area contributed by atoms with Crippen LogP contribution in [0.3, 0.4) is 0 Å². The first-order chi connectivity index (χ1) is 8.95. The van der Waals surface area contributed by atoms with Gasteiger partial charge in [0.25, 0.3) is 0 Å². The molecule has 0 saturated carbocycles. The Morgan fingerprint density at radius 2 is 1.89 bits per heavy atom. The quantitative estimate of drug-likeness (QED) is 0.492. The molecule has 0 aromatic heterocycles. The number of methoxy groups -OCH3 is 1. The van der Waals surface area contributed by atoms with Gasteiger partial charge in [-0.3, -0.25) is 4.79 Å². The predicted octanol–water partition coefficient (Wildman–Crippen LogP) is 2.27. The molecule has 0 amide bonds. The molecule has 0 heterocycles. The van der Waals surface area contributed by atoms with Gasteiger partial charge in [0, 0.05) is 12.0 Å². The molecule has 19 heavy (non-hydrogen) atoms. The average molecular weight is 281 g/mol. The smallest absolute Gasteiger partial charge is 0.305 e. The standard InChI is InChI=1S/C14H19NO3S/c1-9-7-11(14(15)19)8-10(2)13(9)18-6-4-5-12(16)17-3/h7-8H,4-6H2,1-3H3,(H2,15,19). The summed E-state index contributed by atoms with van der Waals surface area (Å²) in [4.78, 5) is 11.3. The molecular weight excluding hydrogens is 262 g/mol. The number of rotatable bonds is 6. The summed E-state index contributed by atoms with van der Waals surface area (Å²) in [6.45, 7) is 4.37. The molecule has 0 spiro atoms. The fourth-order valence-corrected chi connectivity index (χ4v) is 1.93. The highest BCUT2D eigenvalue weighted by Crippen LogP contribution is 2.25. The van der Waals surface area contributed by atoms with Crippen molar-refractivity contribution in [2.45, 2.75) is 26.7 Å². The summed E-state index contributed by atoms with van der Waals surface area (Å²) >= 11 is 4.96. The number of carbonyl (C=O) groups excluding carboxylic acids is 1. The molecular formula is C14H19NO3S. The molecule has 2 N–H and O–H groups in total. The van der Waals surface area contributed by atoms with Crippen LogP contribution in [0.1, 0.15) is 29.5 Å². The number of benzene rings is 1. The molecule has 1 aromatic carbocycles. The molecule has 104 valence electrons. The minimum absolute atomic E-state index is 0.221. The largest absolute Gasteiger partial charge is 0.493 e. The molecule has 0 aliphatic carbocycles. The van der Waals surface area contributed by atoms with Gasteiger partial charge in [-0.05, 0) is 43.5 Å². The number of ether oxygens (including phenoxy) is 2. The first kappa shape index (κ1) is 15.4. The van der Waals surface area contributed by atoms with E-state index >= 15 is 0 Å². The number of aryl methyl sites for hydroxylation is 2. The lowest BCUT2D eigenvalue weighted by Gasteiger charge is -2.13. The maximum Gasteiger partial charge on any atom is 0.305 e. The topological polar surface area (TPSA) is 61.5 Å². The fraction of sp³-hybridized carbons (Fsp3) is 0.429. The van der Waals surface area contributed by atoms with Gasteiger partial charge in [0.1, 0.15) is 10.7 Å². The van der Waals surface area contributed by atoms with Gasteiger partial charge in [-0.25, -0.2) is 0 Å². The summed E-state index contributed by atoms with van der Waals surface area (Å²) in [5, 5.41) is 0. The number of nitrogens with two attached hydrogens (primary N) is 1.